The van der Waals surface area contributed by atoms with Crippen LogP contribution in [0.3, 0.4) is 0 Å². The number of carbonyl (C=O) groups is 4. The third kappa shape index (κ3) is 45.7. The zero-order valence-corrected chi connectivity index (χ0v) is 41.1. The Bertz CT molecular complexity index is 1110. The Morgan fingerprint density at radius 1 is 0.476 bits per heavy atom. The highest BCUT2D eigenvalue weighted by Crippen LogP contribution is 2.19. The number of allylic oxidation sites excluding steroid dienone is 4. The van der Waals surface area contributed by atoms with Crippen LogP contribution in [0.4, 0.5) is 0 Å². The van der Waals surface area contributed by atoms with Gasteiger partial charge in [0.1, 0.15) is 12.1 Å². The molecule has 4 N–H and O–H groups in total. The van der Waals surface area contributed by atoms with Gasteiger partial charge in [0.25, 0.3) is 0 Å². The summed E-state index contributed by atoms with van der Waals surface area (Å²) < 4.78 is 6.07. The van der Waals surface area contributed by atoms with Crippen molar-refractivity contribution in [1.82, 2.24) is 10.6 Å². The van der Waals surface area contributed by atoms with E-state index < -0.39 is 24.5 Å². The topological polar surface area (TPSA) is 142 Å². The van der Waals surface area contributed by atoms with Crippen LogP contribution in [-0.2, 0) is 23.9 Å². The maximum absolute atomic E-state index is 12.9. The van der Waals surface area contributed by atoms with Crippen LogP contribution >= 0.6 is 0 Å². The zero-order valence-electron chi connectivity index (χ0n) is 41.1. The largest absolute Gasteiger partial charge is 0.480 e. The van der Waals surface area contributed by atoms with Crippen LogP contribution < -0.4 is 10.6 Å². The number of carbonyl (C=O) groups excluding carboxylic acids is 3. The van der Waals surface area contributed by atoms with Gasteiger partial charge in [0.05, 0.1) is 13.2 Å². The Hall–Kier alpha value is -2.68. The number of rotatable bonds is 49. The number of aliphatic hydroxyl groups is 1. The van der Waals surface area contributed by atoms with Gasteiger partial charge in [0, 0.05) is 12.8 Å². The zero-order chi connectivity index (χ0) is 46.1. The van der Waals surface area contributed by atoms with Crippen molar-refractivity contribution in [2.45, 2.75) is 283 Å². The van der Waals surface area contributed by atoms with Crippen LogP contribution in [0.1, 0.15) is 271 Å². The molecule has 0 aromatic carbocycles. The lowest BCUT2D eigenvalue weighted by Gasteiger charge is -2.18. The monoisotopic (exact) mass is 889 g/mol. The van der Waals surface area contributed by atoms with Crippen LogP contribution in [-0.4, -0.2) is 59.3 Å². The van der Waals surface area contributed by atoms with E-state index in [1.807, 2.05) is 0 Å². The first-order chi connectivity index (χ1) is 30.8. The molecule has 2 unspecified atom stereocenters. The molecule has 2 amide bonds. The molecule has 0 bridgehead atoms. The van der Waals surface area contributed by atoms with E-state index >= 15 is 0 Å². The molecular formula is C54H100N2O7. The molecule has 0 aliphatic heterocycles. The number of esters is 1. The number of nitrogens with one attached hydrogen (secondary N) is 2. The van der Waals surface area contributed by atoms with Crippen molar-refractivity contribution in [2.24, 2.45) is 0 Å². The highest BCUT2D eigenvalue weighted by atomic mass is 16.5. The second-order valence-electron chi connectivity index (χ2n) is 18.3. The lowest BCUT2D eigenvalue weighted by molar-refractivity contribution is -0.150. The predicted octanol–water partition coefficient (Wildman–Crippen LogP) is 14.3. The van der Waals surface area contributed by atoms with Crippen molar-refractivity contribution in [2.75, 3.05) is 13.2 Å². The van der Waals surface area contributed by atoms with Gasteiger partial charge in [-0.05, 0) is 70.6 Å². The van der Waals surface area contributed by atoms with Crippen LogP contribution in [0.15, 0.2) is 24.3 Å². The molecule has 0 aromatic heterocycles. The molecule has 0 saturated heterocycles. The Morgan fingerprint density at radius 3 is 1.27 bits per heavy atom. The van der Waals surface area contributed by atoms with E-state index in [9.17, 15) is 19.2 Å². The number of unbranched alkanes of at least 4 members (excludes halogenated alkanes) is 31. The highest BCUT2D eigenvalue weighted by molar-refractivity contribution is 5.87. The summed E-state index contributed by atoms with van der Waals surface area (Å²) in [5, 5.41) is 22.6. The average molecular weight is 889 g/mol. The van der Waals surface area contributed by atoms with E-state index in [0.717, 1.165) is 64.2 Å². The number of hydrogen-bond acceptors (Lipinski definition) is 6. The van der Waals surface area contributed by atoms with Gasteiger partial charge in [-0.1, -0.05) is 212 Å². The number of ether oxygens (including phenoxy) is 1. The van der Waals surface area contributed by atoms with Crippen LogP contribution in [0.2, 0.25) is 0 Å². The number of carboxylic acids is 1. The van der Waals surface area contributed by atoms with E-state index in [1.165, 1.54) is 173 Å². The third-order valence-electron chi connectivity index (χ3n) is 12.2. The lowest BCUT2D eigenvalue weighted by Crippen LogP contribution is -2.47. The second-order valence-corrected chi connectivity index (χ2v) is 18.3. The standard InChI is InChI=1S/C54H100N2O7/c1-3-5-7-9-11-13-15-17-18-19-20-21-22-23-24-25-26-27-29-31-33-38-42-46-53(60)63-49(43-39-35-32-30-28-16-14-12-10-8-6-4-2)44-40-36-34-37-41-45-51(58)55-47-52(59)56-50(48-57)54(61)62/h15,17,19-20,49-50,57H,3-14,16,18,21-48H2,1-2H3,(H,55,58)(H,56,59)(H,61,62)/b17-15-,20-19-. The van der Waals surface area contributed by atoms with Gasteiger partial charge in [-0.15, -0.1) is 0 Å². The lowest BCUT2D eigenvalue weighted by atomic mass is 10.0. The fourth-order valence-corrected chi connectivity index (χ4v) is 8.10. The number of carboxylic acid groups (broad SMARTS) is 1. The molecule has 0 heterocycles. The predicted molar refractivity (Wildman–Crippen MR) is 264 cm³/mol. The molecule has 0 aromatic rings. The minimum atomic E-state index is -1.38. The summed E-state index contributed by atoms with van der Waals surface area (Å²) >= 11 is 0. The maximum Gasteiger partial charge on any atom is 0.328 e. The molecule has 0 aliphatic carbocycles. The fourth-order valence-electron chi connectivity index (χ4n) is 8.10. The smallest absolute Gasteiger partial charge is 0.328 e. The number of aliphatic hydroxyl groups excluding tert-OH is 1. The average Bonchev–Trinajstić information content (AvgIpc) is 3.27. The molecule has 9 nitrogen and oxygen atoms in total. The van der Waals surface area contributed by atoms with Gasteiger partial charge in [0.2, 0.25) is 11.8 Å². The quantitative estimate of drug-likeness (QED) is 0.0271. The van der Waals surface area contributed by atoms with Crippen LogP contribution in [0.25, 0.3) is 0 Å². The molecule has 0 saturated carbocycles. The van der Waals surface area contributed by atoms with E-state index in [1.54, 1.807) is 0 Å². The van der Waals surface area contributed by atoms with Crippen molar-refractivity contribution in [1.29, 1.82) is 0 Å². The first-order valence-corrected chi connectivity index (χ1v) is 26.7. The summed E-state index contributed by atoms with van der Waals surface area (Å²) in [5.74, 6) is -2.27. The van der Waals surface area contributed by atoms with Crippen LogP contribution in [0, 0.1) is 0 Å². The second kappa shape index (κ2) is 48.8. The van der Waals surface area contributed by atoms with Gasteiger partial charge in [-0.2, -0.15) is 0 Å². The highest BCUT2D eigenvalue weighted by Gasteiger charge is 2.19. The van der Waals surface area contributed by atoms with Gasteiger partial charge in [-0.3, -0.25) is 14.4 Å². The Labute approximate surface area is 387 Å². The summed E-state index contributed by atoms with van der Waals surface area (Å²) in [4.78, 5) is 47.8. The normalized spacial score (nSPS) is 12.6. The van der Waals surface area contributed by atoms with Crippen LogP contribution in [0.5, 0.6) is 0 Å². The first kappa shape index (κ1) is 60.3. The summed E-state index contributed by atoms with van der Waals surface area (Å²) in [6, 6.07) is -1.38. The molecule has 0 rings (SSSR count). The summed E-state index contributed by atoms with van der Waals surface area (Å²) in [5.41, 5.74) is 0. The molecule has 368 valence electrons. The van der Waals surface area contributed by atoms with Crippen molar-refractivity contribution >= 4 is 23.8 Å². The number of amides is 2. The van der Waals surface area contributed by atoms with Crippen molar-refractivity contribution in [3.63, 3.8) is 0 Å². The number of aliphatic carboxylic acids is 1. The van der Waals surface area contributed by atoms with Crippen molar-refractivity contribution < 1.29 is 34.1 Å². The van der Waals surface area contributed by atoms with E-state index in [-0.39, 0.29) is 24.5 Å². The molecular weight excluding hydrogens is 789 g/mol. The molecule has 0 spiro atoms. The van der Waals surface area contributed by atoms with Crippen molar-refractivity contribution in [3.8, 4) is 0 Å². The van der Waals surface area contributed by atoms with Gasteiger partial charge in [0.15, 0.2) is 0 Å². The number of hydrogen-bond donors (Lipinski definition) is 4. The SMILES string of the molecule is CCCCCCC/C=C\C/C=C\CCCCCCCCCCCCCC(=O)OC(CCCCCCCCCCCCCC)CCCCCCCC(=O)NCC(=O)NC(CO)C(=O)O. The summed E-state index contributed by atoms with van der Waals surface area (Å²) in [6.07, 6.45) is 56.5. The maximum atomic E-state index is 12.9. The molecule has 0 fully saturated rings. The van der Waals surface area contributed by atoms with E-state index in [0.29, 0.717) is 19.3 Å². The first-order valence-electron chi connectivity index (χ1n) is 26.7. The molecule has 63 heavy (non-hydrogen) atoms. The summed E-state index contributed by atoms with van der Waals surface area (Å²) in [7, 11) is 0. The Morgan fingerprint density at radius 2 is 0.857 bits per heavy atom. The Kier molecular flexibility index (Phi) is 46.7. The molecule has 2 atom stereocenters. The van der Waals surface area contributed by atoms with Gasteiger partial charge >= 0.3 is 11.9 Å². The molecule has 9 heteroatoms. The fraction of sp³-hybridized carbons (Fsp3) is 0.852. The van der Waals surface area contributed by atoms with Gasteiger partial charge < -0.3 is 25.6 Å². The Balaban J connectivity index is 4.18. The minimum Gasteiger partial charge on any atom is -0.480 e. The summed E-state index contributed by atoms with van der Waals surface area (Å²) in [6.45, 7) is 3.50. The van der Waals surface area contributed by atoms with E-state index in [2.05, 4.69) is 48.8 Å². The van der Waals surface area contributed by atoms with Gasteiger partial charge in [-0.25, -0.2) is 4.79 Å². The molecule has 0 radical (unpaired) electrons. The van der Waals surface area contributed by atoms with Crippen molar-refractivity contribution in [3.05, 3.63) is 24.3 Å². The molecule has 0 aliphatic rings. The minimum absolute atomic E-state index is 0.0115. The van der Waals surface area contributed by atoms with E-state index in [4.69, 9.17) is 14.9 Å². The third-order valence-corrected chi connectivity index (χ3v) is 12.2.